The number of ether oxygens (including phenoxy) is 4. The van der Waals surface area contributed by atoms with Gasteiger partial charge in [-0.15, -0.1) is 0 Å². The highest BCUT2D eigenvalue weighted by atomic mass is 79.9. The van der Waals surface area contributed by atoms with Gasteiger partial charge in [0, 0.05) is 72.6 Å². The van der Waals surface area contributed by atoms with Crippen molar-refractivity contribution in [3.05, 3.63) is 165 Å². The van der Waals surface area contributed by atoms with Crippen molar-refractivity contribution < 1.29 is 36.6 Å². The maximum absolute atomic E-state index is 5.62. The van der Waals surface area contributed by atoms with E-state index in [1.165, 1.54) is 68.1 Å². The number of halogens is 2. The zero-order valence-corrected chi connectivity index (χ0v) is 45.7. The van der Waals surface area contributed by atoms with Crippen LogP contribution in [0.3, 0.4) is 0 Å². The lowest BCUT2D eigenvalue weighted by atomic mass is 10.0. The lowest BCUT2D eigenvalue weighted by Gasteiger charge is -2.14. The first kappa shape index (κ1) is 52.8. The van der Waals surface area contributed by atoms with E-state index < -0.39 is 0 Å². The van der Waals surface area contributed by atoms with Crippen molar-refractivity contribution in [1.29, 1.82) is 0 Å². The Hall–Kier alpha value is -6.00. The predicted octanol–water partition coefficient (Wildman–Crippen LogP) is 14.4. The highest BCUT2D eigenvalue weighted by Crippen LogP contribution is 2.40. The Kier molecular flexibility index (Phi) is 18.6. The van der Waals surface area contributed by atoms with Crippen molar-refractivity contribution in [2.24, 2.45) is 0 Å². The third-order valence-corrected chi connectivity index (χ3v) is 14.4. The van der Waals surface area contributed by atoms with Gasteiger partial charge in [-0.25, -0.2) is 0 Å². The third-order valence-electron chi connectivity index (χ3n) is 13.2. The molecular formula is C60H66Br2N4O8. The van der Waals surface area contributed by atoms with E-state index in [0.717, 1.165) is 110 Å². The zero-order valence-electron chi connectivity index (χ0n) is 42.5. The standard InChI is InChI=1S/C16H18BrNO3.C16H19NO3.C14H14BrNO.C14H15NO/c1-19-14-7-10(9-18-11-3-4-11)12(8-15(14)20-2)16-13(17)5-6-21-16;1-18-15-8-11(10-17-12-5-6-12)13(9-16(15)19-2)14-4-3-7-20-14;15-13-7-8-17-14(13)12-4-2-1-3-10(12)9-16-11-5-6-11;1-2-5-13(14-6-3-9-16-14)11(4-1)10-15-12-7-8-12/h5-8,11,18H,3-4,9H2,1-2H3;3-4,7-9,12,17H,5-6,10H2,1-2H3;1-4,7-8,11,16H,5-6,9H2;1-6,9,12,15H,7-8,10H2. The molecule has 0 bridgehead atoms. The molecule has 0 saturated heterocycles. The van der Waals surface area contributed by atoms with E-state index in [-0.39, 0.29) is 0 Å². The van der Waals surface area contributed by atoms with Crippen molar-refractivity contribution in [3.8, 4) is 68.3 Å². The second-order valence-electron chi connectivity index (χ2n) is 18.8. The summed E-state index contributed by atoms with van der Waals surface area (Å²) in [5.74, 6) is 6.42. The van der Waals surface area contributed by atoms with Crippen LogP contribution < -0.4 is 40.2 Å². The summed E-state index contributed by atoms with van der Waals surface area (Å²) in [6.07, 6.45) is 17.1. The number of methoxy groups -OCH3 is 4. The minimum Gasteiger partial charge on any atom is -0.493 e. The summed E-state index contributed by atoms with van der Waals surface area (Å²) in [5, 5.41) is 14.1. The summed E-state index contributed by atoms with van der Waals surface area (Å²) in [4.78, 5) is 0. The van der Waals surface area contributed by atoms with E-state index >= 15 is 0 Å². The molecule has 8 aromatic rings. The SMILES string of the molecule is Brc1ccoc1-c1ccccc1CNC1CC1.COc1cc(CNC2CC2)c(-c2ccco2)cc1OC.COc1cc(CNC2CC2)c(-c2occc2Br)cc1OC.c1coc(-c2ccccc2CNC2CC2)c1. The summed E-state index contributed by atoms with van der Waals surface area (Å²) in [6, 6.07) is 39.1. The second kappa shape index (κ2) is 26.0. The highest BCUT2D eigenvalue weighted by molar-refractivity contribution is 9.11. The van der Waals surface area contributed by atoms with Gasteiger partial charge in [0.1, 0.15) is 23.0 Å². The van der Waals surface area contributed by atoms with Crippen LogP contribution in [0.2, 0.25) is 0 Å². The predicted molar refractivity (Wildman–Crippen MR) is 298 cm³/mol. The van der Waals surface area contributed by atoms with Gasteiger partial charge in [-0.1, -0.05) is 48.5 Å². The van der Waals surface area contributed by atoms with E-state index in [4.69, 9.17) is 36.6 Å². The first-order valence-corrected chi connectivity index (χ1v) is 27.0. The molecule has 4 heterocycles. The molecule has 12 rings (SSSR count). The number of hydrogen-bond donors (Lipinski definition) is 4. The fraction of sp³-hybridized carbons (Fsp3) is 0.333. The van der Waals surface area contributed by atoms with Gasteiger partial charge in [-0.3, -0.25) is 0 Å². The number of hydrogen-bond acceptors (Lipinski definition) is 12. The van der Waals surface area contributed by atoms with Gasteiger partial charge in [0.2, 0.25) is 0 Å². The monoisotopic (exact) mass is 1130 g/mol. The minimum atomic E-state index is 0.644. The topological polar surface area (TPSA) is 138 Å². The molecule has 4 aromatic heterocycles. The Bertz CT molecular complexity index is 2990. The van der Waals surface area contributed by atoms with Gasteiger partial charge in [0.15, 0.2) is 23.0 Å². The van der Waals surface area contributed by atoms with E-state index in [1.807, 2.05) is 66.7 Å². The molecule has 0 unspecified atom stereocenters. The smallest absolute Gasteiger partial charge is 0.161 e. The minimum absolute atomic E-state index is 0.644. The Morgan fingerprint density at radius 1 is 0.378 bits per heavy atom. The normalized spacial score (nSPS) is 14.7. The fourth-order valence-electron chi connectivity index (χ4n) is 8.39. The van der Waals surface area contributed by atoms with Crippen LogP contribution in [0.25, 0.3) is 45.3 Å². The Balaban J connectivity index is 0.000000122. The third kappa shape index (κ3) is 14.6. The summed E-state index contributed by atoms with van der Waals surface area (Å²) in [5.41, 5.74) is 9.30. The van der Waals surface area contributed by atoms with Gasteiger partial charge in [0.05, 0.1) is 62.4 Å². The van der Waals surface area contributed by atoms with Crippen LogP contribution in [-0.2, 0) is 26.2 Å². The molecule has 4 aromatic carbocycles. The molecule has 14 heteroatoms. The Morgan fingerprint density at radius 2 is 0.743 bits per heavy atom. The van der Waals surface area contributed by atoms with Gasteiger partial charge in [-0.2, -0.15) is 0 Å². The van der Waals surface area contributed by atoms with Gasteiger partial charge < -0.3 is 57.9 Å². The number of furan rings is 4. The van der Waals surface area contributed by atoms with Crippen LogP contribution in [0.5, 0.6) is 23.0 Å². The Labute approximate surface area is 451 Å². The molecule has 0 amide bonds. The molecule has 4 N–H and O–H groups in total. The van der Waals surface area contributed by atoms with Crippen molar-refractivity contribution in [1.82, 2.24) is 21.3 Å². The lowest BCUT2D eigenvalue weighted by Crippen LogP contribution is -2.16. The molecule has 4 aliphatic rings. The molecule has 0 spiro atoms. The maximum atomic E-state index is 5.62. The molecule has 388 valence electrons. The molecule has 0 aliphatic heterocycles. The summed E-state index contributed by atoms with van der Waals surface area (Å²) in [7, 11) is 6.59. The lowest BCUT2D eigenvalue weighted by molar-refractivity contribution is 0.354. The fourth-order valence-corrected chi connectivity index (χ4v) is 9.22. The summed E-state index contributed by atoms with van der Waals surface area (Å²) < 4.78 is 45.7. The summed E-state index contributed by atoms with van der Waals surface area (Å²) >= 11 is 7.04. The first-order chi connectivity index (χ1) is 36.3. The summed E-state index contributed by atoms with van der Waals surface area (Å²) in [6.45, 7) is 3.43. The molecule has 0 radical (unpaired) electrons. The van der Waals surface area contributed by atoms with Gasteiger partial charge in [0.25, 0.3) is 0 Å². The number of nitrogens with one attached hydrogen (secondary N) is 4. The van der Waals surface area contributed by atoms with Crippen molar-refractivity contribution in [3.63, 3.8) is 0 Å². The molecule has 0 atom stereocenters. The van der Waals surface area contributed by atoms with Crippen LogP contribution in [0, 0.1) is 0 Å². The van der Waals surface area contributed by atoms with Crippen LogP contribution in [0.15, 0.2) is 161 Å². The van der Waals surface area contributed by atoms with Crippen LogP contribution >= 0.6 is 31.9 Å². The second-order valence-corrected chi connectivity index (χ2v) is 20.5. The average Bonchev–Trinajstić information content (AvgIpc) is 4.38. The van der Waals surface area contributed by atoms with E-state index in [2.05, 4.69) is 95.6 Å². The van der Waals surface area contributed by atoms with Gasteiger partial charge >= 0.3 is 0 Å². The van der Waals surface area contributed by atoms with Gasteiger partial charge in [-0.05, 0) is 166 Å². The van der Waals surface area contributed by atoms with Crippen molar-refractivity contribution in [2.75, 3.05) is 28.4 Å². The number of rotatable bonds is 20. The van der Waals surface area contributed by atoms with E-state index in [9.17, 15) is 0 Å². The maximum Gasteiger partial charge on any atom is 0.161 e. The quantitative estimate of drug-likeness (QED) is 0.0578. The van der Waals surface area contributed by atoms with Crippen LogP contribution in [-0.4, -0.2) is 52.6 Å². The molecule has 4 fully saturated rings. The highest BCUT2D eigenvalue weighted by Gasteiger charge is 2.25. The van der Waals surface area contributed by atoms with E-state index in [0.29, 0.717) is 23.6 Å². The first-order valence-electron chi connectivity index (χ1n) is 25.5. The molecule has 4 saturated carbocycles. The Morgan fingerprint density at radius 3 is 1.15 bits per heavy atom. The molecular weight excluding hydrogens is 1060 g/mol. The van der Waals surface area contributed by atoms with Crippen LogP contribution in [0.4, 0.5) is 0 Å². The van der Waals surface area contributed by atoms with Crippen molar-refractivity contribution >= 4 is 31.9 Å². The largest absolute Gasteiger partial charge is 0.493 e. The average molecular weight is 1130 g/mol. The molecule has 74 heavy (non-hydrogen) atoms. The number of benzene rings is 4. The molecule has 4 aliphatic carbocycles. The van der Waals surface area contributed by atoms with E-state index in [1.54, 1.807) is 53.5 Å². The van der Waals surface area contributed by atoms with Crippen molar-refractivity contribution in [2.45, 2.75) is 102 Å². The van der Waals surface area contributed by atoms with Crippen LogP contribution in [0.1, 0.15) is 73.6 Å². The molecule has 12 nitrogen and oxygen atoms in total. The zero-order chi connectivity index (χ0) is 51.2.